The molecule has 21 heavy (non-hydrogen) atoms. The van der Waals surface area contributed by atoms with Gasteiger partial charge in [0, 0.05) is 28.7 Å². The van der Waals surface area contributed by atoms with Crippen molar-refractivity contribution in [3.63, 3.8) is 0 Å². The summed E-state index contributed by atoms with van der Waals surface area (Å²) in [6, 6.07) is 6.24. The highest BCUT2D eigenvalue weighted by Crippen LogP contribution is 2.38. The van der Waals surface area contributed by atoms with Gasteiger partial charge in [-0.05, 0) is 0 Å². The minimum atomic E-state index is -4.26. The number of primary sulfonamides is 1. The minimum absolute atomic E-state index is 0.00137. The maximum absolute atomic E-state index is 12.6. The summed E-state index contributed by atoms with van der Waals surface area (Å²) in [5.74, 6) is -0.990. The molecule has 108 valence electrons. The monoisotopic (exact) mass is 304 g/mol. The first kappa shape index (κ1) is 13.9. The van der Waals surface area contributed by atoms with E-state index >= 15 is 0 Å². The number of fused-ring (bicyclic) bond motifs is 1. The van der Waals surface area contributed by atoms with Gasteiger partial charge < -0.3 is 5.73 Å². The van der Waals surface area contributed by atoms with Crippen molar-refractivity contribution in [2.45, 2.75) is 11.3 Å². The van der Waals surface area contributed by atoms with Gasteiger partial charge in [-0.3, -0.25) is 9.59 Å². The zero-order valence-corrected chi connectivity index (χ0v) is 11.7. The number of carbonyl (C=O) groups excluding carboxylic acids is 2. The van der Waals surface area contributed by atoms with Crippen molar-refractivity contribution in [1.29, 1.82) is 0 Å². The standard InChI is InChI=1S/C14H12N2O4S/c15-14(21(16,19)20)7-3-6-10-11(14)13(18)9-5-2-1-4-8(9)12(10)17/h1-6H,7,15H2,(H2,16,19,20). The molecule has 1 atom stereocenters. The zero-order valence-electron chi connectivity index (χ0n) is 10.9. The van der Waals surface area contributed by atoms with E-state index in [1.54, 1.807) is 12.1 Å². The van der Waals surface area contributed by atoms with E-state index in [2.05, 4.69) is 0 Å². The van der Waals surface area contributed by atoms with Gasteiger partial charge in [0.2, 0.25) is 10.0 Å². The van der Waals surface area contributed by atoms with Crippen LogP contribution in [-0.4, -0.2) is 24.9 Å². The lowest BCUT2D eigenvalue weighted by Crippen LogP contribution is -2.56. The van der Waals surface area contributed by atoms with Crippen molar-refractivity contribution in [3.05, 3.63) is 58.7 Å². The molecule has 0 radical (unpaired) electrons. The Morgan fingerprint density at radius 2 is 1.62 bits per heavy atom. The van der Waals surface area contributed by atoms with Gasteiger partial charge in [0.05, 0.1) is 0 Å². The van der Waals surface area contributed by atoms with Crippen LogP contribution in [0.1, 0.15) is 27.1 Å². The predicted molar refractivity (Wildman–Crippen MR) is 75.9 cm³/mol. The van der Waals surface area contributed by atoms with Crippen molar-refractivity contribution >= 4 is 21.6 Å². The summed E-state index contributed by atoms with van der Waals surface area (Å²) in [5, 5.41) is 5.19. The molecule has 2 aliphatic rings. The van der Waals surface area contributed by atoms with Gasteiger partial charge in [0.25, 0.3) is 0 Å². The fourth-order valence-corrected chi connectivity index (χ4v) is 3.50. The second-order valence-corrected chi connectivity index (χ2v) is 6.85. The van der Waals surface area contributed by atoms with Crippen LogP contribution < -0.4 is 10.9 Å². The average Bonchev–Trinajstić information content (AvgIpc) is 2.43. The Balaban J connectivity index is 2.34. The molecule has 1 aromatic carbocycles. The van der Waals surface area contributed by atoms with Gasteiger partial charge in [-0.2, -0.15) is 0 Å². The van der Waals surface area contributed by atoms with Crippen LogP contribution in [0.3, 0.4) is 0 Å². The third-order valence-corrected chi connectivity index (χ3v) is 5.18. The van der Waals surface area contributed by atoms with Gasteiger partial charge in [0.15, 0.2) is 16.4 Å². The van der Waals surface area contributed by atoms with Crippen LogP contribution in [0.4, 0.5) is 0 Å². The van der Waals surface area contributed by atoms with Crippen LogP contribution in [-0.2, 0) is 10.0 Å². The molecule has 0 heterocycles. The zero-order chi connectivity index (χ0) is 15.4. The Bertz CT molecular complexity index is 851. The summed E-state index contributed by atoms with van der Waals surface area (Å²) in [5.41, 5.74) is 6.06. The Morgan fingerprint density at radius 3 is 2.19 bits per heavy atom. The molecule has 1 aromatic rings. The fourth-order valence-electron chi connectivity index (χ4n) is 2.69. The highest BCUT2D eigenvalue weighted by molar-refractivity contribution is 7.90. The van der Waals surface area contributed by atoms with Crippen LogP contribution in [0.15, 0.2) is 47.6 Å². The third kappa shape index (κ3) is 1.75. The molecule has 3 rings (SSSR count). The Labute approximate surface area is 121 Å². The maximum atomic E-state index is 12.6. The van der Waals surface area contributed by atoms with Gasteiger partial charge in [-0.1, -0.05) is 36.4 Å². The summed E-state index contributed by atoms with van der Waals surface area (Å²) in [6.45, 7) is 0. The largest absolute Gasteiger partial charge is 0.307 e. The first-order chi connectivity index (χ1) is 9.77. The van der Waals surface area contributed by atoms with E-state index in [1.165, 1.54) is 24.3 Å². The van der Waals surface area contributed by atoms with Gasteiger partial charge in [-0.15, -0.1) is 0 Å². The molecule has 0 fully saturated rings. The van der Waals surface area contributed by atoms with Gasteiger partial charge in [0.1, 0.15) is 0 Å². The summed E-state index contributed by atoms with van der Waals surface area (Å²) in [6.07, 6.45) is 2.73. The second kappa shape index (κ2) is 4.20. The average molecular weight is 304 g/mol. The number of carbonyl (C=O) groups is 2. The smallest absolute Gasteiger partial charge is 0.232 e. The number of rotatable bonds is 1. The van der Waals surface area contributed by atoms with E-state index < -0.39 is 26.5 Å². The molecule has 7 heteroatoms. The number of hydrogen-bond acceptors (Lipinski definition) is 5. The lowest BCUT2D eigenvalue weighted by molar-refractivity contribution is 0.0969. The molecule has 2 aliphatic carbocycles. The van der Waals surface area contributed by atoms with Crippen LogP contribution in [0.2, 0.25) is 0 Å². The molecule has 0 aromatic heterocycles. The van der Waals surface area contributed by atoms with Crippen LogP contribution >= 0.6 is 0 Å². The lowest BCUT2D eigenvalue weighted by atomic mass is 9.78. The van der Waals surface area contributed by atoms with Crippen molar-refractivity contribution < 1.29 is 18.0 Å². The van der Waals surface area contributed by atoms with Gasteiger partial charge >= 0.3 is 0 Å². The molecule has 0 saturated heterocycles. The molecule has 0 spiro atoms. The summed E-state index contributed by atoms with van der Waals surface area (Å²) < 4.78 is 23.7. The van der Waals surface area contributed by atoms with Crippen molar-refractivity contribution in [3.8, 4) is 0 Å². The first-order valence-corrected chi connectivity index (χ1v) is 7.73. The predicted octanol–water partition coefficient (Wildman–Crippen LogP) is 0.266. The summed E-state index contributed by atoms with van der Waals surface area (Å²) in [4.78, 5) is 23.0. The molecule has 0 amide bonds. The number of benzene rings is 1. The normalized spacial score (nSPS) is 24.9. The fraction of sp³-hybridized carbons (Fsp3) is 0.143. The SMILES string of the molecule is NC1(S(N)(=O)=O)CC=CC2=C1C(=O)c1ccccc1C2=O. The topological polar surface area (TPSA) is 120 Å². The third-order valence-electron chi connectivity index (χ3n) is 3.79. The Hall–Kier alpha value is -2.09. The molecule has 1 unspecified atom stereocenters. The van der Waals surface area contributed by atoms with Crippen LogP contribution in [0.25, 0.3) is 0 Å². The number of hydrogen-bond donors (Lipinski definition) is 2. The maximum Gasteiger partial charge on any atom is 0.232 e. The lowest BCUT2D eigenvalue weighted by Gasteiger charge is -2.34. The van der Waals surface area contributed by atoms with E-state index in [1.807, 2.05) is 0 Å². The quantitative estimate of drug-likeness (QED) is 0.771. The highest BCUT2D eigenvalue weighted by atomic mass is 32.2. The van der Waals surface area contributed by atoms with E-state index in [4.69, 9.17) is 10.9 Å². The van der Waals surface area contributed by atoms with Crippen LogP contribution in [0.5, 0.6) is 0 Å². The van der Waals surface area contributed by atoms with E-state index in [-0.39, 0.29) is 28.7 Å². The van der Waals surface area contributed by atoms with Gasteiger partial charge in [-0.25, -0.2) is 13.6 Å². The first-order valence-electron chi connectivity index (χ1n) is 6.18. The summed E-state index contributed by atoms with van der Waals surface area (Å²) >= 11 is 0. The van der Waals surface area contributed by atoms with Crippen molar-refractivity contribution in [2.75, 3.05) is 0 Å². The molecule has 0 bridgehead atoms. The number of sulfonamides is 1. The molecule has 6 nitrogen and oxygen atoms in total. The van der Waals surface area contributed by atoms with Crippen molar-refractivity contribution in [1.82, 2.24) is 0 Å². The number of Topliss-reactive ketones (excluding diaryl/α,β-unsaturated/α-hetero) is 2. The molecular formula is C14H12N2O4S. The Kier molecular flexibility index (Phi) is 2.78. The van der Waals surface area contributed by atoms with E-state index in [0.717, 1.165) is 0 Å². The number of nitrogens with two attached hydrogens (primary N) is 2. The molecule has 0 saturated carbocycles. The minimum Gasteiger partial charge on any atom is -0.307 e. The number of allylic oxidation sites excluding steroid dienone is 2. The Morgan fingerprint density at radius 1 is 1.05 bits per heavy atom. The van der Waals surface area contributed by atoms with Crippen molar-refractivity contribution in [2.24, 2.45) is 10.9 Å². The second-order valence-electron chi connectivity index (χ2n) is 5.03. The highest BCUT2D eigenvalue weighted by Gasteiger charge is 2.49. The summed E-state index contributed by atoms with van der Waals surface area (Å²) in [7, 11) is -4.26. The molecular weight excluding hydrogens is 292 g/mol. The van der Waals surface area contributed by atoms with Crippen LogP contribution in [0, 0.1) is 0 Å². The van der Waals surface area contributed by atoms with E-state index in [0.29, 0.717) is 0 Å². The molecule has 4 N–H and O–H groups in total. The van der Waals surface area contributed by atoms with E-state index in [9.17, 15) is 18.0 Å². The number of ketones is 2. The molecule has 0 aliphatic heterocycles.